The first-order valence-corrected chi connectivity index (χ1v) is 11.5. The molecule has 2 aromatic carbocycles. The fraction of sp³-hybridized carbons (Fsp3) is 0.400. The second kappa shape index (κ2) is 8.22. The van der Waals surface area contributed by atoms with Crippen LogP contribution in [-0.2, 0) is 30.8 Å². The molecule has 2 aliphatic heterocycles. The Labute approximate surface area is 173 Å². The maximum Gasteiger partial charge on any atom is 0.240 e. The Balaban J connectivity index is 1.55. The average molecular weight is 468 g/mol. The van der Waals surface area contributed by atoms with Gasteiger partial charge in [0, 0.05) is 0 Å². The van der Waals surface area contributed by atoms with Gasteiger partial charge in [0.25, 0.3) is 0 Å². The average Bonchev–Trinajstić information content (AvgIpc) is 3.13. The number of ether oxygens (including phenoxy) is 3. The fourth-order valence-electron chi connectivity index (χ4n) is 3.41. The number of aryl methyl sites for hydroxylation is 1. The van der Waals surface area contributed by atoms with E-state index in [0.29, 0.717) is 13.2 Å². The van der Waals surface area contributed by atoms with Crippen LogP contribution in [0.3, 0.4) is 0 Å². The maximum absolute atomic E-state index is 12.9. The maximum atomic E-state index is 12.9. The number of halogens is 1. The van der Waals surface area contributed by atoms with Crippen molar-refractivity contribution in [1.29, 1.82) is 0 Å². The summed E-state index contributed by atoms with van der Waals surface area (Å²) in [5.74, 6) is 0. The van der Waals surface area contributed by atoms with Crippen molar-refractivity contribution >= 4 is 26.0 Å². The number of hydrogen-bond donors (Lipinski definition) is 1. The first kappa shape index (κ1) is 20.0. The third-order valence-electron chi connectivity index (χ3n) is 4.96. The smallest absolute Gasteiger partial charge is 0.240 e. The summed E-state index contributed by atoms with van der Waals surface area (Å²) in [6.07, 6.45) is -1.41. The number of fused-ring (bicyclic) bond motifs is 2. The van der Waals surface area contributed by atoms with Crippen LogP contribution in [0, 0.1) is 6.92 Å². The van der Waals surface area contributed by atoms with Crippen LogP contribution in [0.15, 0.2) is 59.5 Å². The van der Waals surface area contributed by atoms with Gasteiger partial charge in [0.05, 0.1) is 35.1 Å². The molecule has 5 atom stereocenters. The molecular weight excluding hydrogens is 446 g/mol. The third-order valence-corrected chi connectivity index (χ3v) is 7.60. The van der Waals surface area contributed by atoms with Crippen LogP contribution < -0.4 is 4.72 Å². The summed E-state index contributed by atoms with van der Waals surface area (Å²) in [6, 6.07) is 16.0. The predicted molar refractivity (Wildman–Crippen MR) is 108 cm³/mol. The van der Waals surface area contributed by atoms with E-state index in [2.05, 4.69) is 20.7 Å². The van der Waals surface area contributed by atoms with Crippen LogP contribution >= 0.6 is 15.9 Å². The summed E-state index contributed by atoms with van der Waals surface area (Å²) in [4.78, 5) is -0.0494. The number of benzene rings is 2. The minimum atomic E-state index is -3.72. The second-order valence-corrected chi connectivity index (χ2v) is 9.81. The lowest BCUT2D eigenvalue weighted by molar-refractivity contribution is -0.183. The van der Waals surface area contributed by atoms with Gasteiger partial charge >= 0.3 is 0 Å². The highest BCUT2D eigenvalue weighted by Crippen LogP contribution is 2.35. The Bertz CT molecular complexity index is 906. The van der Waals surface area contributed by atoms with Crippen LogP contribution in [0.4, 0.5) is 0 Å². The minimum Gasteiger partial charge on any atom is -0.367 e. The molecule has 2 aromatic rings. The number of alkyl halides is 1. The highest BCUT2D eigenvalue weighted by molar-refractivity contribution is 9.09. The van der Waals surface area contributed by atoms with Gasteiger partial charge in [-0.25, -0.2) is 13.1 Å². The molecule has 0 amide bonds. The summed E-state index contributed by atoms with van der Waals surface area (Å²) >= 11 is 3.60. The summed E-state index contributed by atoms with van der Waals surface area (Å²) in [7, 11) is -3.72. The molecule has 4 rings (SSSR count). The normalized spacial score (nSPS) is 29.7. The Morgan fingerprint density at radius 3 is 2.57 bits per heavy atom. The molecule has 0 spiro atoms. The summed E-state index contributed by atoms with van der Waals surface area (Å²) in [5, 5.41) is 0. The van der Waals surface area contributed by atoms with E-state index in [0.717, 1.165) is 11.1 Å². The van der Waals surface area contributed by atoms with Gasteiger partial charge < -0.3 is 14.2 Å². The van der Waals surface area contributed by atoms with Crippen LogP contribution in [0.5, 0.6) is 0 Å². The lowest BCUT2D eigenvalue weighted by Crippen LogP contribution is -2.59. The zero-order valence-corrected chi connectivity index (χ0v) is 17.7. The zero-order chi connectivity index (χ0) is 19.7. The quantitative estimate of drug-likeness (QED) is 0.661. The summed E-state index contributed by atoms with van der Waals surface area (Å²) in [6.45, 7) is 2.65. The molecule has 8 heteroatoms. The van der Waals surface area contributed by atoms with Crippen LogP contribution in [0.1, 0.15) is 11.1 Å². The monoisotopic (exact) mass is 467 g/mol. The number of rotatable bonds is 6. The van der Waals surface area contributed by atoms with Gasteiger partial charge in [0.2, 0.25) is 10.0 Å². The summed E-state index contributed by atoms with van der Waals surface area (Å²) < 4.78 is 46.3. The molecule has 150 valence electrons. The molecular formula is C20H22BrNO5S. The van der Waals surface area contributed by atoms with E-state index in [1.165, 1.54) is 0 Å². The second-order valence-electron chi connectivity index (χ2n) is 7.04. The standard InChI is InChI=1S/C20H22BrNO5S/c1-13-7-9-15(10-8-13)28(23,24)22-18-17(21)16-12-26-20(27-16)19(18)25-11-14-5-3-2-4-6-14/h2-10,16-20,22H,11-12H2,1H3/t16-,17-,18+,19-,20-/m1/s1. The van der Waals surface area contributed by atoms with Crippen molar-refractivity contribution in [2.45, 2.75) is 47.8 Å². The molecule has 2 heterocycles. The van der Waals surface area contributed by atoms with Crippen molar-refractivity contribution in [1.82, 2.24) is 4.72 Å². The molecule has 2 saturated heterocycles. The lowest BCUT2D eigenvalue weighted by Gasteiger charge is -2.38. The fourth-order valence-corrected chi connectivity index (χ4v) is 5.56. The van der Waals surface area contributed by atoms with E-state index in [9.17, 15) is 8.42 Å². The Hall–Kier alpha value is -1.29. The van der Waals surface area contributed by atoms with Gasteiger partial charge in [-0.15, -0.1) is 0 Å². The Kier molecular flexibility index (Phi) is 5.87. The molecule has 28 heavy (non-hydrogen) atoms. The zero-order valence-electron chi connectivity index (χ0n) is 15.3. The Morgan fingerprint density at radius 1 is 1.14 bits per heavy atom. The van der Waals surface area contributed by atoms with Gasteiger partial charge in [0.15, 0.2) is 6.29 Å². The largest absolute Gasteiger partial charge is 0.367 e. The van der Waals surface area contributed by atoms with Gasteiger partial charge in [0.1, 0.15) is 6.10 Å². The molecule has 2 fully saturated rings. The van der Waals surface area contributed by atoms with Gasteiger partial charge in [-0.05, 0) is 24.6 Å². The Morgan fingerprint density at radius 2 is 1.86 bits per heavy atom. The summed E-state index contributed by atoms with van der Waals surface area (Å²) in [5.41, 5.74) is 1.99. The molecule has 0 aromatic heterocycles. The van der Waals surface area contributed by atoms with E-state index in [1.807, 2.05) is 37.3 Å². The van der Waals surface area contributed by atoms with Crippen molar-refractivity contribution < 1.29 is 22.6 Å². The van der Waals surface area contributed by atoms with Crippen LogP contribution in [0.25, 0.3) is 0 Å². The highest BCUT2D eigenvalue weighted by atomic mass is 79.9. The molecule has 6 nitrogen and oxygen atoms in total. The third kappa shape index (κ3) is 4.17. The SMILES string of the molecule is Cc1ccc(S(=O)(=O)N[C@H]2[C@H](Br)[C@H]3CO[C@H](O3)[C@@H]2OCc2ccccc2)cc1. The molecule has 1 N–H and O–H groups in total. The molecule has 0 saturated carbocycles. The molecule has 2 bridgehead atoms. The molecule has 0 aliphatic carbocycles. The highest BCUT2D eigenvalue weighted by Gasteiger charge is 2.51. The lowest BCUT2D eigenvalue weighted by atomic mass is 10.0. The van der Waals surface area contributed by atoms with Crippen LogP contribution in [0.2, 0.25) is 0 Å². The molecule has 0 radical (unpaired) electrons. The first-order chi connectivity index (χ1) is 13.4. The van der Waals surface area contributed by atoms with E-state index >= 15 is 0 Å². The topological polar surface area (TPSA) is 73.9 Å². The first-order valence-electron chi connectivity index (χ1n) is 9.10. The predicted octanol–water partition coefficient (Wildman–Crippen LogP) is 2.75. The van der Waals surface area contributed by atoms with Gasteiger partial charge in [-0.3, -0.25) is 0 Å². The number of sulfonamides is 1. The van der Waals surface area contributed by atoms with E-state index in [4.69, 9.17) is 14.2 Å². The van der Waals surface area contributed by atoms with Crippen molar-refractivity contribution in [2.75, 3.05) is 6.61 Å². The molecule has 2 aliphatic rings. The minimum absolute atomic E-state index is 0.222. The van der Waals surface area contributed by atoms with Crippen molar-refractivity contribution in [2.24, 2.45) is 0 Å². The van der Waals surface area contributed by atoms with E-state index in [1.54, 1.807) is 24.3 Å². The number of hydrogen-bond acceptors (Lipinski definition) is 5. The van der Waals surface area contributed by atoms with Crippen molar-refractivity contribution in [3.05, 3.63) is 65.7 Å². The van der Waals surface area contributed by atoms with E-state index < -0.39 is 28.5 Å². The van der Waals surface area contributed by atoms with Gasteiger partial charge in [-0.1, -0.05) is 64.0 Å². The number of nitrogens with one attached hydrogen (secondary N) is 1. The molecule has 0 unspecified atom stereocenters. The van der Waals surface area contributed by atoms with Gasteiger partial charge in [-0.2, -0.15) is 0 Å². The van der Waals surface area contributed by atoms with Crippen molar-refractivity contribution in [3.63, 3.8) is 0 Å². The van der Waals surface area contributed by atoms with E-state index in [-0.39, 0.29) is 15.8 Å². The van der Waals surface area contributed by atoms with Crippen molar-refractivity contribution in [3.8, 4) is 0 Å². The van der Waals surface area contributed by atoms with Crippen LogP contribution in [-0.4, -0.2) is 44.4 Å².